The van der Waals surface area contributed by atoms with Crippen molar-refractivity contribution in [1.29, 1.82) is 0 Å². The lowest BCUT2D eigenvalue weighted by Crippen LogP contribution is -2.36. The summed E-state index contributed by atoms with van der Waals surface area (Å²) in [4.78, 5) is 36.7. The first-order chi connectivity index (χ1) is 14.0. The van der Waals surface area contributed by atoms with E-state index in [0.717, 1.165) is 5.39 Å². The molecule has 1 saturated heterocycles. The molecule has 0 saturated carbocycles. The average Bonchev–Trinajstić information content (AvgIpc) is 3.21. The van der Waals surface area contributed by atoms with E-state index in [4.69, 9.17) is 9.15 Å². The van der Waals surface area contributed by atoms with E-state index < -0.39 is 11.7 Å². The van der Waals surface area contributed by atoms with Gasteiger partial charge in [-0.25, -0.2) is 4.79 Å². The third-order valence-corrected chi connectivity index (χ3v) is 5.03. The van der Waals surface area contributed by atoms with E-state index in [1.807, 2.05) is 12.1 Å². The molecule has 8 heteroatoms. The second-order valence-corrected chi connectivity index (χ2v) is 6.96. The summed E-state index contributed by atoms with van der Waals surface area (Å²) in [6.45, 7) is 0.486. The average molecular weight is 429 g/mol. The van der Waals surface area contributed by atoms with Crippen LogP contribution in [0.2, 0.25) is 0 Å². The summed E-state index contributed by atoms with van der Waals surface area (Å²) >= 11 is 0. The van der Waals surface area contributed by atoms with Crippen LogP contribution in [0.3, 0.4) is 0 Å². The van der Waals surface area contributed by atoms with Gasteiger partial charge in [0.2, 0.25) is 0 Å². The molecule has 0 radical (unpaired) electrons. The van der Waals surface area contributed by atoms with E-state index in [2.05, 4.69) is 10.6 Å². The quantitative estimate of drug-likeness (QED) is 0.489. The van der Waals surface area contributed by atoms with Crippen molar-refractivity contribution in [2.75, 3.05) is 13.7 Å². The van der Waals surface area contributed by atoms with E-state index >= 15 is 0 Å². The van der Waals surface area contributed by atoms with E-state index in [1.165, 1.54) is 7.11 Å². The molecule has 2 heterocycles. The topological polar surface area (TPSA) is 97.6 Å². The Labute approximate surface area is 178 Å². The molecule has 1 aromatic heterocycles. The number of carbonyl (C=O) groups excluding carboxylic acids is 2. The summed E-state index contributed by atoms with van der Waals surface area (Å²) in [6.07, 6.45) is 0.465. The van der Waals surface area contributed by atoms with Crippen molar-refractivity contribution in [3.8, 4) is 11.1 Å². The summed E-state index contributed by atoms with van der Waals surface area (Å²) in [5.74, 6) is -0.610. The van der Waals surface area contributed by atoms with Gasteiger partial charge in [0.1, 0.15) is 11.6 Å². The summed E-state index contributed by atoms with van der Waals surface area (Å²) in [7, 11) is 1.34. The standard InChI is InChI=1S/C22H20N2O5.ClH/c1-28-22(27)18-11-16(12-23-18)24-20(25)15-7-4-6-13(9-15)17-10-14-5-2-3-8-19(14)29-21(17)26;/h2-10,16,18,23H,11-12H2,1H3,(H,24,25);1H/t16-,18-;/m0./s1. The predicted molar refractivity (Wildman–Crippen MR) is 115 cm³/mol. The van der Waals surface area contributed by atoms with Gasteiger partial charge in [-0.1, -0.05) is 30.3 Å². The molecule has 1 amide bonds. The number of halogens is 1. The van der Waals surface area contributed by atoms with Gasteiger partial charge in [-0.15, -0.1) is 12.4 Å². The van der Waals surface area contributed by atoms with Crippen LogP contribution in [0.4, 0.5) is 0 Å². The zero-order valence-corrected chi connectivity index (χ0v) is 17.0. The van der Waals surface area contributed by atoms with Gasteiger partial charge in [0.15, 0.2) is 0 Å². The van der Waals surface area contributed by atoms with Gasteiger partial charge in [0.25, 0.3) is 5.91 Å². The van der Waals surface area contributed by atoms with Crippen LogP contribution in [0, 0.1) is 0 Å². The van der Waals surface area contributed by atoms with Crippen LogP contribution in [-0.2, 0) is 9.53 Å². The number of benzene rings is 2. The molecule has 0 unspecified atom stereocenters. The minimum Gasteiger partial charge on any atom is -0.468 e. The number of methoxy groups -OCH3 is 1. The molecule has 7 nitrogen and oxygen atoms in total. The smallest absolute Gasteiger partial charge is 0.344 e. The van der Waals surface area contributed by atoms with Crippen molar-refractivity contribution in [1.82, 2.24) is 10.6 Å². The fraction of sp³-hybridized carbons (Fsp3) is 0.227. The Hall–Kier alpha value is -3.16. The maximum absolute atomic E-state index is 12.7. The second kappa shape index (κ2) is 9.11. The summed E-state index contributed by atoms with van der Waals surface area (Å²) in [5, 5.41) is 6.76. The molecule has 30 heavy (non-hydrogen) atoms. The van der Waals surface area contributed by atoms with Crippen LogP contribution in [-0.4, -0.2) is 37.6 Å². The number of esters is 1. The molecule has 2 atom stereocenters. The van der Waals surface area contributed by atoms with Crippen molar-refractivity contribution in [3.63, 3.8) is 0 Å². The number of hydrogen-bond acceptors (Lipinski definition) is 6. The zero-order chi connectivity index (χ0) is 20.4. The number of rotatable bonds is 4. The Morgan fingerprint density at radius 1 is 1.13 bits per heavy atom. The molecule has 0 aliphatic carbocycles. The Bertz CT molecular complexity index is 1140. The van der Waals surface area contributed by atoms with Crippen LogP contribution < -0.4 is 16.3 Å². The normalized spacial score (nSPS) is 17.9. The minimum atomic E-state index is -0.456. The van der Waals surface area contributed by atoms with E-state index in [0.29, 0.717) is 35.2 Å². The van der Waals surface area contributed by atoms with Gasteiger partial charge in [0, 0.05) is 23.5 Å². The summed E-state index contributed by atoms with van der Waals surface area (Å²) in [5.41, 5.74) is 1.49. The Kier molecular flexibility index (Phi) is 6.54. The number of hydrogen-bond donors (Lipinski definition) is 2. The molecule has 4 rings (SSSR count). The number of nitrogens with one attached hydrogen (secondary N) is 2. The monoisotopic (exact) mass is 428 g/mol. The van der Waals surface area contributed by atoms with Gasteiger partial charge in [-0.2, -0.15) is 0 Å². The zero-order valence-electron chi connectivity index (χ0n) is 16.2. The lowest BCUT2D eigenvalue weighted by molar-refractivity contribution is -0.142. The number of carbonyl (C=O) groups is 2. The van der Waals surface area contributed by atoms with Crippen LogP contribution in [0.5, 0.6) is 0 Å². The SMILES string of the molecule is COC(=O)[C@@H]1C[C@H](NC(=O)c2cccc(-c3cc4ccccc4oc3=O)c2)CN1.Cl. The highest BCUT2D eigenvalue weighted by atomic mass is 35.5. The first-order valence-corrected chi connectivity index (χ1v) is 9.30. The van der Waals surface area contributed by atoms with Crippen molar-refractivity contribution >= 4 is 35.3 Å². The molecule has 1 fully saturated rings. The predicted octanol–water partition coefficient (Wildman–Crippen LogP) is 2.52. The van der Waals surface area contributed by atoms with Crippen LogP contribution in [0.15, 0.2) is 63.8 Å². The van der Waals surface area contributed by atoms with Crippen molar-refractivity contribution < 1.29 is 18.7 Å². The molecular weight excluding hydrogens is 408 g/mol. The molecule has 2 N–H and O–H groups in total. The van der Waals surface area contributed by atoms with Crippen LogP contribution >= 0.6 is 12.4 Å². The summed E-state index contributed by atoms with van der Waals surface area (Å²) < 4.78 is 10.1. The Balaban J connectivity index is 0.00000256. The number of amides is 1. The number of ether oxygens (including phenoxy) is 1. The lowest BCUT2D eigenvalue weighted by atomic mass is 10.0. The fourth-order valence-electron chi connectivity index (χ4n) is 3.53. The van der Waals surface area contributed by atoms with Gasteiger partial charge < -0.3 is 19.8 Å². The highest BCUT2D eigenvalue weighted by Gasteiger charge is 2.31. The molecule has 156 valence electrons. The van der Waals surface area contributed by atoms with Gasteiger partial charge in [0.05, 0.1) is 12.7 Å². The second-order valence-electron chi connectivity index (χ2n) is 6.96. The first kappa shape index (κ1) is 21.5. The van der Waals surface area contributed by atoms with Gasteiger partial charge in [-0.05, 0) is 36.2 Å². The molecule has 3 aromatic rings. The van der Waals surface area contributed by atoms with Crippen LogP contribution in [0.25, 0.3) is 22.1 Å². The number of fused-ring (bicyclic) bond motifs is 1. The van der Waals surface area contributed by atoms with Crippen molar-refractivity contribution in [2.45, 2.75) is 18.5 Å². The lowest BCUT2D eigenvalue weighted by Gasteiger charge is -2.12. The van der Waals surface area contributed by atoms with Gasteiger partial charge >= 0.3 is 11.6 Å². The highest BCUT2D eigenvalue weighted by Crippen LogP contribution is 2.22. The molecule has 0 bridgehead atoms. The molecular formula is C22H21ClN2O5. The minimum absolute atomic E-state index is 0. The largest absolute Gasteiger partial charge is 0.468 e. The van der Waals surface area contributed by atoms with Crippen LogP contribution in [0.1, 0.15) is 16.8 Å². The molecule has 0 spiro atoms. The third kappa shape index (κ3) is 4.37. The molecule has 1 aliphatic rings. The van der Waals surface area contributed by atoms with E-state index in [9.17, 15) is 14.4 Å². The maximum Gasteiger partial charge on any atom is 0.344 e. The maximum atomic E-state index is 12.7. The van der Waals surface area contributed by atoms with Crippen molar-refractivity contribution in [3.05, 3.63) is 70.6 Å². The molecule has 2 aromatic carbocycles. The number of para-hydroxylation sites is 1. The summed E-state index contributed by atoms with van der Waals surface area (Å²) in [6, 6.07) is 15.3. The van der Waals surface area contributed by atoms with E-state index in [-0.39, 0.29) is 30.3 Å². The molecule has 1 aliphatic heterocycles. The highest BCUT2D eigenvalue weighted by molar-refractivity contribution is 5.96. The third-order valence-electron chi connectivity index (χ3n) is 5.03. The fourth-order valence-corrected chi connectivity index (χ4v) is 3.53. The Morgan fingerprint density at radius 3 is 2.73 bits per heavy atom. The van der Waals surface area contributed by atoms with Crippen molar-refractivity contribution in [2.24, 2.45) is 0 Å². The first-order valence-electron chi connectivity index (χ1n) is 9.30. The van der Waals surface area contributed by atoms with E-state index in [1.54, 1.807) is 42.5 Å². The Morgan fingerprint density at radius 2 is 1.93 bits per heavy atom. The van der Waals surface area contributed by atoms with Gasteiger partial charge in [-0.3, -0.25) is 9.59 Å².